The molecule has 0 fully saturated rings. The fraction of sp³-hybridized carbons (Fsp3) is 0.278. The van der Waals surface area contributed by atoms with Crippen molar-refractivity contribution in [2.45, 2.75) is 24.3 Å². The van der Waals surface area contributed by atoms with Gasteiger partial charge in [0.05, 0.1) is 17.5 Å². The second-order valence-electron chi connectivity index (χ2n) is 5.95. The number of carbonyl (C=O) groups is 1. The molecular formula is C18H19NO4S. The Bertz CT molecular complexity index is 890. The third-order valence-electron chi connectivity index (χ3n) is 4.15. The Labute approximate surface area is 141 Å². The minimum absolute atomic E-state index is 0.144. The third kappa shape index (κ3) is 3.28. The van der Waals surface area contributed by atoms with E-state index >= 15 is 0 Å². The maximum absolute atomic E-state index is 12.7. The molecule has 1 N–H and O–H groups in total. The highest BCUT2D eigenvalue weighted by molar-refractivity contribution is 7.90. The summed E-state index contributed by atoms with van der Waals surface area (Å²) >= 11 is 0. The highest BCUT2D eigenvalue weighted by atomic mass is 32.2. The molecule has 1 aliphatic rings. The first kappa shape index (κ1) is 16.5. The van der Waals surface area contributed by atoms with Crippen LogP contribution in [0.3, 0.4) is 0 Å². The highest BCUT2D eigenvalue weighted by Gasteiger charge is 2.24. The van der Waals surface area contributed by atoms with Crippen molar-refractivity contribution in [2.75, 3.05) is 12.9 Å². The number of para-hydroxylation sites is 1. The average molecular weight is 345 g/mol. The lowest BCUT2D eigenvalue weighted by atomic mass is 9.99. The van der Waals surface area contributed by atoms with Crippen molar-refractivity contribution in [1.82, 2.24) is 5.32 Å². The van der Waals surface area contributed by atoms with Gasteiger partial charge in [0.25, 0.3) is 5.91 Å². The van der Waals surface area contributed by atoms with Gasteiger partial charge < -0.3 is 10.1 Å². The van der Waals surface area contributed by atoms with Crippen molar-refractivity contribution >= 4 is 15.7 Å². The average Bonchev–Trinajstić information content (AvgIpc) is 2.54. The van der Waals surface area contributed by atoms with Crippen molar-refractivity contribution in [3.8, 4) is 5.75 Å². The first-order valence-electron chi connectivity index (χ1n) is 7.69. The maximum atomic E-state index is 12.7. The van der Waals surface area contributed by atoms with Crippen molar-refractivity contribution in [3.63, 3.8) is 0 Å². The van der Waals surface area contributed by atoms with E-state index in [1.807, 2.05) is 24.3 Å². The summed E-state index contributed by atoms with van der Waals surface area (Å²) in [6.07, 6.45) is 1.81. The summed E-state index contributed by atoms with van der Waals surface area (Å²) in [5, 5.41) is 3.00. The molecule has 0 bridgehead atoms. The number of hydrogen-bond acceptors (Lipinski definition) is 4. The summed E-state index contributed by atoms with van der Waals surface area (Å²) in [7, 11) is -3.36. The number of benzene rings is 2. The molecule has 0 saturated carbocycles. The van der Waals surface area contributed by atoms with Crippen LogP contribution in [0.4, 0.5) is 0 Å². The normalized spacial score (nSPS) is 16.8. The predicted octanol–water partition coefficient (Wildman–Crippen LogP) is 2.65. The van der Waals surface area contributed by atoms with Gasteiger partial charge in [-0.05, 0) is 30.7 Å². The molecule has 3 rings (SSSR count). The van der Waals surface area contributed by atoms with Gasteiger partial charge in [-0.15, -0.1) is 0 Å². The Balaban J connectivity index is 1.89. The minimum atomic E-state index is -3.36. The van der Waals surface area contributed by atoms with Crippen LogP contribution >= 0.6 is 0 Å². The first-order chi connectivity index (χ1) is 11.4. The second-order valence-corrected chi connectivity index (χ2v) is 7.97. The summed E-state index contributed by atoms with van der Waals surface area (Å²) in [6.45, 7) is 2.32. The van der Waals surface area contributed by atoms with Gasteiger partial charge in [0.15, 0.2) is 9.84 Å². The van der Waals surface area contributed by atoms with Crippen LogP contribution in [0.5, 0.6) is 5.75 Å². The highest BCUT2D eigenvalue weighted by Crippen LogP contribution is 2.31. The van der Waals surface area contributed by atoms with Crippen LogP contribution in [0.15, 0.2) is 47.4 Å². The summed E-state index contributed by atoms with van der Waals surface area (Å²) < 4.78 is 29.0. The van der Waals surface area contributed by atoms with E-state index in [1.165, 1.54) is 12.1 Å². The summed E-state index contributed by atoms with van der Waals surface area (Å²) in [6, 6.07) is 12.1. The molecule has 0 aliphatic carbocycles. The second kappa shape index (κ2) is 6.28. The molecule has 1 aliphatic heterocycles. The van der Waals surface area contributed by atoms with E-state index in [9.17, 15) is 13.2 Å². The molecule has 0 spiro atoms. The number of carbonyl (C=O) groups excluding carboxylic acids is 1. The van der Waals surface area contributed by atoms with Gasteiger partial charge in [0, 0.05) is 23.8 Å². The van der Waals surface area contributed by atoms with Crippen LogP contribution in [0.1, 0.15) is 33.9 Å². The van der Waals surface area contributed by atoms with E-state index in [4.69, 9.17) is 4.74 Å². The van der Waals surface area contributed by atoms with E-state index in [2.05, 4.69) is 5.32 Å². The molecule has 2 aromatic rings. The largest absolute Gasteiger partial charge is 0.493 e. The topological polar surface area (TPSA) is 72.5 Å². The summed E-state index contributed by atoms with van der Waals surface area (Å²) in [5.74, 6) is 0.496. The number of sulfone groups is 1. The fourth-order valence-electron chi connectivity index (χ4n) is 2.80. The predicted molar refractivity (Wildman–Crippen MR) is 91.1 cm³/mol. The molecule has 6 heteroatoms. The number of nitrogens with one attached hydrogen (secondary N) is 1. The van der Waals surface area contributed by atoms with Crippen LogP contribution in [0, 0.1) is 6.92 Å². The number of ether oxygens (including phenoxy) is 1. The standard InChI is InChI=1S/C18H19NO4S/c1-12-7-8-13(24(2,21)22)11-15(12)18(20)19-16-9-10-23-17-6-4-3-5-14(16)17/h3-8,11,16H,9-10H2,1-2H3,(H,19,20). The van der Waals surface area contributed by atoms with E-state index < -0.39 is 9.84 Å². The van der Waals surface area contributed by atoms with Crippen molar-refractivity contribution in [2.24, 2.45) is 0 Å². The van der Waals surface area contributed by atoms with Gasteiger partial charge >= 0.3 is 0 Å². The Kier molecular flexibility index (Phi) is 4.32. The molecule has 1 heterocycles. The van der Waals surface area contributed by atoms with Crippen LogP contribution in [0.25, 0.3) is 0 Å². The maximum Gasteiger partial charge on any atom is 0.252 e. The lowest BCUT2D eigenvalue weighted by molar-refractivity contribution is 0.0924. The molecule has 1 atom stereocenters. The molecular weight excluding hydrogens is 326 g/mol. The fourth-order valence-corrected chi connectivity index (χ4v) is 3.45. The van der Waals surface area contributed by atoms with E-state index in [0.717, 1.165) is 23.1 Å². The lowest BCUT2D eigenvalue weighted by Gasteiger charge is -2.26. The van der Waals surface area contributed by atoms with Gasteiger partial charge in [-0.25, -0.2) is 8.42 Å². The van der Waals surface area contributed by atoms with Gasteiger partial charge in [-0.3, -0.25) is 4.79 Å². The number of aryl methyl sites for hydroxylation is 1. The molecule has 0 radical (unpaired) electrons. The molecule has 126 valence electrons. The molecule has 5 nitrogen and oxygen atoms in total. The Morgan fingerprint density at radius 1 is 1.21 bits per heavy atom. The van der Waals surface area contributed by atoms with E-state index in [0.29, 0.717) is 18.6 Å². The lowest BCUT2D eigenvalue weighted by Crippen LogP contribution is -2.32. The number of hydrogen-bond donors (Lipinski definition) is 1. The number of amides is 1. The molecule has 0 aromatic heterocycles. The van der Waals surface area contributed by atoms with Crippen LogP contribution in [0.2, 0.25) is 0 Å². The summed E-state index contributed by atoms with van der Waals surface area (Å²) in [4.78, 5) is 12.8. The van der Waals surface area contributed by atoms with Crippen molar-refractivity contribution in [3.05, 3.63) is 59.2 Å². The Morgan fingerprint density at radius 3 is 2.71 bits per heavy atom. The van der Waals surface area contributed by atoms with Crippen LogP contribution < -0.4 is 10.1 Å². The summed E-state index contributed by atoms with van der Waals surface area (Å²) in [5.41, 5.74) is 2.05. The zero-order chi connectivity index (χ0) is 17.3. The Morgan fingerprint density at radius 2 is 1.96 bits per heavy atom. The Hall–Kier alpha value is -2.34. The van der Waals surface area contributed by atoms with Gasteiger partial charge in [-0.2, -0.15) is 0 Å². The van der Waals surface area contributed by atoms with E-state index in [-0.39, 0.29) is 16.8 Å². The third-order valence-corrected chi connectivity index (χ3v) is 5.26. The first-order valence-corrected chi connectivity index (χ1v) is 9.59. The SMILES string of the molecule is Cc1ccc(S(C)(=O)=O)cc1C(=O)NC1CCOc2ccccc21. The molecule has 2 aromatic carbocycles. The monoisotopic (exact) mass is 345 g/mol. The smallest absolute Gasteiger partial charge is 0.252 e. The van der Waals surface area contributed by atoms with E-state index in [1.54, 1.807) is 13.0 Å². The van der Waals surface area contributed by atoms with Crippen LogP contribution in [-0.2, 0) is 9.84 Å². The van der Waals surface area contributed by atoms with Crippen LogP contribution in [-0.4, -0.2) is 27.2 Å². The quantitative estimate of drug-likeness (QED) is 0.928. The molecule has 24 heavy (non-hydrogen) atoms. The number of fused-ring (bicyclic) bond motifs is 1. The van der Waals surface area contributed by atoms with Gasteiger partial charge in [0.2, 0.25) is 0 Å². The molecule has 0 saturated heterocycles. The molecule has 1 amide bonds. The zero-order valence-electron chi connectivity index (χ0n) is 13.6. The van der Waals surface area contributed by atoms with Gasteiger partial charge in [-0.1, -0.05) is 24.3 Å². The van der Waals surface area contributed by atoms with Crippen molar-refractivity contribution < 1.29 is 17.9 Å². The molecule has 1 unspecified atom stereocenters. The van der Waals surface area contributed by atoms with Crippen molar-refractivity contribution in [1.29, 1.82) is 0 Å². The van der Waals surface area contributed by atoms with Gasteiger partial charge in [0.1, 0.15) is 5.75 Å². The zero-order valence-corrected chi connectivity index (χ0v) is 14.4. The minimum Gasteiger partial charge on any atom is -0.493 e. The number of rotatable bonds is 3.